The Bertz CT molecular complexity index is 665. The van der Waals surface area contributed by atoms with Crippen molar-refractivity contribution < 1.29 is 5.11 Å². The zero-order valence-corrected chi connectivity index (χ0v) is 15.4. The Morgan fingerprint density at radius 3 is 2.71 bits per heavy atom. The predicted octanol–water partition coefficient (Wildman–Crippen LogP) is 4.12. The van der Waals surface area contributed by atoms with Gasteiger partial charge in [-0.2, -0.15) is 5.10 Å². The van der Waals surface area contributed by atoms with Crippen molar-refractivity contribution in [3.05, 3.63) is 17.5 Å². The number of aromatic amines is 1. The maximum Gasteiger partial charge on any atom is 0.0675 e. The highest BCUT2D eigenvalue weighted by Gasteiger charge is 2.63. The number of nitrogens with one attached hydrogen (secondary N) is 1. The van der Waals surface area contributed by atoms with Crippen LogP contribution in [0.4, 0.5) is 0 Å². The van der Waals surface area contributed by atoms with Gasteiger partial charge < -0.3 is 5.11 Å². The van der Waals surface area contributed by atoms with Crippen LogP contribution in [0.3, 0.4) is 0 Å². The molecule has 132 valence electrons. The Morgan fingerprint density at radius 1 is 1.08 bits per heavy atom. The fourth-order valence-electron chi connectivity index (χ4n) is 7.71. The molecule has 0 saturated heterocycles. The molecule has 7 atom stereocenters. The molecule has 0 aromatic carbocycles. The first kappa shape index (κ1) is 15.4. The van der Waals surface area contributed by atoms with Crippen molar-refractivity contribution >= 4 is 0 Å². The molecule has 0 bridgehead atoms. The van der Waals surface area contributed by atoms with E-state index in [0.717, 1.165) is 30.1 Å². The topological polar surface area (TPSA) is 48.9 Å². The standard InChI is InChI=1S/C21H32N2O/c1-19-11-13-12-22-23-18(13)10-14(19)4-5-15-16(19)6-8-20(2)17(15)7-9-21(20,3)24/h12,14-17,24H,4-11H2,1-3H3,(H,22,23)/t14-,15+,16-,17-,19?,20?,21-/m0/s1. The van der Waals surface area contributed by atoms with Crippen LogP contribution in [-0.4, -0.2) is 20.9 Å². The molecule has 24 heavy (non-hydrogen) atoms. The van der Waals surface area contributed by atoms with Crippen molar-refractivity contribution in [3.63, 3.8) is 0 Å². The van der Waals surface area contributed by atoms with Crippen molar-refractivity contribution in [2.75, 3.05) is 0 Å². The number of hydrogen-bond donors (Lipinski definition) is 2. The van der Waals surface area contributed by atoms with Gasteiger partial charge in [-0.15, -0.1) is 0 Å². The van der Waals surface area contributed by atoms with Crippen molar-refractivity contribution in [1.29, 1.82) is 0 Å². The molecule has 3 heteroatoms. The maximum atomic E-state index is 11.0. The highest BCUT2D eigenvalue weighted by Crippen LogP contribution is 2.67. The predicted molar refractivity (Wildman–Crippen MR) is 94.5 cm³/mol. The van der Waals surface area contributed by atoms with E-state index in [1.54, 1.807) is 0 Å². The average molecular weight is 329 g/mol. The van der Waals surface area contributed by atoms with Gasteiger partial charge in [0.1, 0.15) is 0 Å². The smallest absolute Gasteiger partial charge is 0.0675 e. The maximum absolute atomic E-state index is 11.0. The van der Waals surface area contributed by atoms with Crippen LogP contribution in [-0.2, 0) is 12.8 Å². The number of aromatic nitrogens is 2. The van der Waals surface area contributed by atoms with Crippen molar-refractivity contribution in [3.8, 4) is 0 Å². The zero-order valence-electron chi connectivity index (χ0n) is 15.4. The molecule has 1 aromatic heterocycles. The van der Waals surface area contributed by atoms with E-state index in [2.05, 4.69) is 37.2 Å². The summed E-state index contributed by atoms with van der Waals surface area (Å²) in [6.07, 6.45) is 12.0. The number of H-pyrrole nitrogens is 1. The summed E-state index contributed by atoms with van der Waals surface area (Å²) in [5.74, 6) is 3.21. The normalized spacial score (nSPS) is 53.0. The quantitative estimate of drug-likeness (QED) is 0.752. The van der Waals surface area contributed by atoms with E-state index >= 15 is 0 Å². The Hall–Kier alpha value is -0.830. The molecule has 4 aliphatic rings. The molecule has 0 aliphatic heterocycles. The molecule has 1 aromatic rings. The molecule has 0 radical (unpaired) electrons. The molecular weight excluding hydrogens is 296 g/mol. The Kier molecular flexibility index (Phi) is 3.00. The van der Waals surface area contributed by atoms with Gasteiger partial charge in [0.05, 0.1) is 11.8 Å². The molecule has 4 aliphatic carbocycles. The first-order valence-corrected chi connectivity index (χ1v) is 10.1. The van der Waals surface area contributed by atoms with Gasteiger partial charge in [-0.05, 0) is 98.4 Å². The Morgan fingerprint density at radius 2 is 1.88 bits per heavy atom. The van der Waals surface area contributed by atoms with E-state index < -0.39 is 5.60 Å². The number of aliphatic hydroxyl groups is 1. The number of rotatable bonds is 0. The summed E-state index contributed by atoms with van der Waals surface area (Å²) < 4.78 is 0. The number of hydrogen-bond acceptors (Lipinski definition) is 2. The Balaban J connectivity index is 1.50. The minimum Gasteiger partial charge on any atom is -0.390 e. The van der Waals surface area contributed by atoms with E-state index in [1.807, 2.05) is 0 Å². The van der Waals surface area contributed by atoms with Crippen LogP contribution in [0.25, 0.3) is 0 Å². The fraction of sp³-hybridized carbons (Fsp3) is 0.857. The lowest BCUT2D eigenvalue weighted by Gasteiger charge is -2.60. The minimum atomic E-state index is -0.454. The summed E-state index contributed by atoms with van der Waals surface area (Å²) in [5, 5.41) is 18.6. The van der Waals surface area contributed by atoms with Crippen LogP contribution in [0.2, 0.25) is 0 Å². The fourth-order valence-corrected chi connectivity index (χ4v) is 7.71. The summed E-state index contributed by atoms with van der Waals surface area (Å²) in [6.45, 7) is 7.09. The molecule has 3 fully saturated rings. The molecule has 2 unspecified atom stereocenters. The molecule has 2 N–H and O–H groups in total. The lowest BCUT2D eigenvalue weighted by atomic mass is 9.44. The van der Waals surface area contributed by atoms with Gasteiger partial charge in [-0.1, -0.05) is 13.8 Å². The van der Waals surface area contributed by atoms with Crippen LogP contribution in [0.5, 0.6) is 0 Å². The van der Waals surface area contributed by atoms with E-state index in [-0.39, 0.29) is 5.41 Å². The second kappa shape index (κ2) is 4.66. The van der Waals surface area contributed by atoms with Gasteiger partial charge in [0.2, 0.25) is 0 Å². The third-order valence-electron chi connectivity index (χ3n) is 9.46. The van der Waals surface area contributed by atoms with E-state index in [4.69, 9.17) is 0 Å². The zero-order chi connectivity index (χ0) is 16.7. The summed E-state index contributed by atoms with van der Waals surface area (Å²) >= 11 is 0. The number of nitrogens with zero attached hydrogens (tertiary/aromatic N) is 1. The van der Waals surface area contributed by atoms with E-state index in [9.17, 15) is 5.11 Å². The van der Waals surface area contributed by atoms with E-state index in [0.29, 0.717) is 5.41 Å². The summed E-state index contributed by atoms with van der Waals surface area (Å²) in [6, 6.07) is 0. The second-order valence-corrected chi connectivity index (χ2v) is 10.2. The summed E-state index contributed by atoms with van der Waals surface area (Å²) in [4.78, 5) is 0. The highest BCUT2D eigenvalue weighted by atomic mass is 16.3. The number of fused-ring (bicyclic) bond motifs is 6. The van der Waals surface area contributed by atoms with Crippen LogP contribution >= 0.6 is 0 Å². The van der Waals surface area contributed by atoms with Gasteiger partial charge in [0.25, 0.3) is 0 Å². The molecule has 3 saturated carbocycles. The third-order valence-corrected chi connectivity index (χ3v) is 9.46. The van der Waals surface area contributed by atoms with E-state index in [1.165, 1.54) is 56.2 Å². The van der Waals surface area contributed by atoms with Crippen molar-refractivity contribution in [1.82, 2.24) is 10.2 Å². The van der Waals surface area contributed by atoms with Gasteiger partial charge in [-0.3, -0.25) is 5.10 Å². The van der Waals surface area contributed by atoms with Gasteiger partial charge in [-0.25, -0.2) is 0 Å². The molecular formula is C21H32N2O. The average Bonchev–Trinajstić information content (AvgIpc) is 3.06. The second-order valence-electron chi connectivity index (χ2n) is 10.2. The highest BCUT2D eigenvalue weighted by molar-refractivity contribution is 5.26. The molecule has 0 spiro atoms. The Labute approximate surface area is 145 Å². The molecule has 3 nitrogen and oxygen atoms in total. The van der Waals surface area contributed by atoms with Crippen molar-refractivity contribution in [2.45, 2.75) is 77.7 Å². The molecule has 5 rings (SSSR count). The van der Waals surface area contributed by atoms with Gasteiger partial charge in [0.15, 0.2) is 0 Å². The lowest BCUT2D eigenvalue weighted by Crippen LogP contribution is -2.56. The first-order chi connectivity index (χ1) is 11.4. The van der Waals surface area contributed by atoms with Crippen LogP contribution < -0.4 is 0 Å². The van der Waals surface area contributed by atoms with Crippen LogP contribution in [0.1, 0.15) is 70.6 Å². The first-order valence-electron chi connectivity index (χ1n) is 10.1. The summed E-state index contributed by atoms with van der Waals surface area (Å²) in [7, 11) is 0. The monoisotopic (exact) mass is 328 g/mol. The lowest BCUT2D eigenvalue weighted by molar-refractivity contribution is -0.139. The third kappa shape index (κ3) is 1.75. The van der Waals surface area contributed by atoms with Gasteiger partial charge >= 0.3 is 0 Å². The van der Waals surface area contributed by atoms with Crippen LogP contribution in [0, 0.1) is 34.5 Å². The van der Waals surface area contributed by atoms with Crippen molar-refractivity contribution in [2.24, 2.45) is 34.5 Å². The van der Waals surface area contributed by atoms with Crippen LogP contribution in [0.15, 0.2) is 6.20 Å². The molecule has 1 heterocycles. The molecule has 0 amide bonds. The minimum absolute atomic E-state index is 0.146. The summed E-state index contributed by atoms with van der Waals surface area (Å²) in [5.41, 5.74) is 3.01. The largest absolute Gasteiger partial charge is 0.390 e. The SMILES string of the molecule is CC12Cc3cn[nH]c3C[C@@H]1CC[C@@H]1[C@@H]2CCC2(C)[C@H]1CC[C@]2(C)O. The van der Waals surface area contributed by atoms with Gasteiger partial charge in [0, 0.05) is 5.69 Å².